The second kappa shape index (κ2) is 6.22. The molecule has 0 saturated carbocycles. The maximum atomic E-state index is 4.81. The van der Waals surface area contributed by atoms with Gasteiger partial charge in [-0.15, -0.1) is 0 Å². The molecule has 21 heavy (non-hydrogen) atoms. The van der Waals surface area contributed by atoms with E-state index in [9.17, 15) is 0 Å². The zero-order chi connectivity index (χ0) is 14.7. The van der Waals surface area contributed by atoms with Crippen molar-refractivity contribution in [1.29, 1.82) is 0 Å². The Morgan fingerprint density at radius 2 is 2.05 bits per heavy atom. The molecule has 0 spiro atoms. The maximum absolute atomic E-state index is 4.81. The van der Waals surface area contributed by atoms with Crippen LogP contribution in [-0.2, 0) is 6.42 Å². The molecule has 0 atom stereocenters. The van der Waals surface area contributed by atoms with Crippen molar-refractivity contribution in [3.63, 3.8) is 0 Å². The van der Waals surface area contributed by atoms with Crippen molar-refractivity contribution < 1.29 is 0 Å². The van der Waals surface area contributed by atoms with E-state index in [1.807, 2.05) is 12.4 Å². The predicted octanol–water partition coefficient (Wildman–Crippen LogP) is 2.36. The summed E-state index contributed by atoms with van der Waals surface area (Å²) in [5.74, 6) is 1.67. The fraction of sp³-hybridized carbons (Fsp3) is 0.412. The lowest BCUT2D eigenvalue weighted by Crippen LogP contribution is -2.47. The monoisotopic (exact) mass is 282 g/mol. The number of aryl methyl sites for hydroxylation is 1. The van der Waals surface area contributed by atoms with Crippen LogP contribution in [0.15, 0.2) is 36.7 Å². The first-order chi connectivity index (χ1) is 10.3. The number of hydrogen-bond acceptors (Lipinski definition) is 4. The molecule has 0 bridgehead atoms. The third-order valence-electron chi connectivity index (χ3n) is 4.09. The molecule has 1 aromatic carbocycles. The van der Waals surface area contributed by atoms with Gasteiger partial charge in [0, 0.05) is 38.2 Å². The molecule has 1 N–H and O–H groups in total. The third-order valence-corrected chi connectivity index (χ3v) is 4.09. The molecule has 0 amide bonds. The van der Waals surface area contributed by atoms with Crippen LogP contribution in [0.4, 0.5) is 5.82 Å². The first kappa shape index (κ1) is 14.0. The van der Waals surface area contributed by atoms with Crippen molar-refractivity contribution in [2.45, 2.75) is 13.3 Å². The Balaban J connectivity index is 1.85. The van der Waals surface area contributed by atoms with E-state index in [2.05, 4.69) is 53.4 Å². The normalized spacial score (nSPS) is 14.8. The Labute approximate surface area is 126 Å². The Kier molecular flexibility index (Phi) is 4.15. The Morgan fingerprint density at radius 3 is 2.76 bits per heavy atom. The summed E-state index contributed by atoms with van der Waals surface area (Å²) in [6.07, 6.45) is 4.71. The van der Waals surface area contributed by atoms with Crippen molar-refractivity contribution >= 4 is 5.82 Å². The molecule has 1 fully saturated rings. The lowest BCUT2D eigenvalue weighted by Gasteiger charge is -2.31. The number of aromatic nitrogens is 2. The minimum absolute atomic E-state index is 0.725. The second-order valence-corrected chi connectivity index (χ2v) is 5.68. The molecular formula is C17H22N4. The SMILES string of the molecule is CCc1ccccc1-c1cncc(N(C)CC2CNC2)n1. The van der Waals surface area contributed by atoms with Gasteiger partial charge in [0.1, 0.15) is 5.82 Å². The van der Waals surface area contributed by atoms with Gasteiger partial charge in [0.25, 0.3) is 0 Å². The minimum atomic E-state index is 0.725. The fourth-order valence-corrected chi connectivity index (χ4v) is 2.71. The van der Waals surface area contributed by atoms with Crippen molar-refractivity contribution in [3.8, 4) is 11.3 Å². The largest absolute Gasteiger partial charge is 0.358 e. The number of rotatable bonds is 5. The first-order valence-corrected chi connectivity index (χ1v) is 7.60. The highest BCUT2D eigenvalue weighted by Gasteiger charge is 2.19. The number of nitrogens with one attached hydrogen (secondary N) is 1. The van der Waals surface area contributed by atoms with Gasteiger partial charge in [-0.3, -0.25) is 4.98 Å². The molecule has 2 heterocycles. The fourth-order valence-electron chi connectivity index (χ4n) is 2.71. The zero-order valence-electron chi connectivity index (χ0n) is 12.7. The molecular weight excluding hydrogens is 260 g/mol. The van der Waals surface area contributed by atoms with Gasteiger partial charge in [-0.1, -0.05) is 31.2 Å². The van der Waals surface area contributed by atoms with Gasteiger partial charge < -0.3 is 10.2 Å². The van der Waals surface area contributed by atoms with Crippen LogP contribution in [0.3, 0.4) is 0 Å². The van der Waals surface area contributed by atoms with Crippen molar-refractivity contribution in [2.75, 3.05) is 31.6 Å². The van der Waals surface area contributed by atoms with Gasteiger partial charge in [0.2, 0.25) is 0 Å². The highest BCUT2D eigenvalue weighted by atomic mass is 15.2. The summed E-state index contributed by atoms with van der Waals surface area (Å²) in [5.41, 5.74) is 3.46. The van der Waals surface area contributed by atoms with Crippen LogP contribution in [0.2, 0.25) is 0 Å². The molecule has 2 aromatic rings. The number of anilines is 1. The van der Waals surface area contributed by atoms with E-state index in [4.69, 9.17) is 4.98 Å². The van der Waals surface area contributed by atoms with Gasteiger partial charge in [-0.25, -0.2) is 4.98 Å². The standard InChI is InChI=1S/C17H22N4/c1-3-14-6-4-5-7-15(14)16-10-19-11-17(20-16)21(2)12-13-8-18-9-13/h4-7,10-11,13,18H,3,8-9,12H2,1-2H3. The molecule has 0 unspecified atom stereocenters. The molecule has 0 aliphatic carbocycles. The Morgan fingerprint density at radius 1 is 1.24 bits per heavy atom. The number of nitrogens with zero attached hydrogens (tertiary/aromatic N) is 3. The van der Waals surface area contributed by atoms with Crippen LogP contribution in [0, 0.1) is 5.92 Å². The van der Waals surface area contributed by atoms with E-state index in [-0.39, 0.29) is 0 Å². The van der Waals surface area contributed by atoms with E-state index in [0.717, 1.165) is 43.5 Å². The first-order valence-electron chi connectivity index (χ1n) is 7.60. The molecule has 4 nitrogen and oxygen atoms in total. The summed E-state index contributed by atoms with van der Waals surface area (Å²) in [6, 6.07) is 8.43. The minimum Gasteiger partial charge on any atom is -0.358 e. The lowest BCUT2D eigenvalue weighted by atomic mass is 10.0. The average molecular weight is 282 g/mol. The number of benzene rings is 1. The van der Waals surface area contributed by atoms with Crippen molar-refractivity contribution in [1.82, 2.24) is 15.3 Å². The van der Waals surface area contributed by atoms with E-state index in [0.29, 0.717) is 0 Å². The van der Waals surface area contributed by atoms with E-state index < -0.39 is 0 Å². The Hall–Kier alpha value is -1.94. The summed E-state index contributed by atoms with van der Waals surface area (Å²) >= 11 is 0. The summed E-state index contributed by atoms with van der Waals surface area (Å²) in [7, 11) is 2.10. The van der Waals surface area contributed by atoms with Crippen LogP contribution in [0.5, 0.6) is 0 Å². The van der Waals surface area contributed by atoms with Gasteiger partial charge in [-0.2, -0.15) is 0 Å². The van der Waals surface area contributed by atoms with Crippen LogP contribution in [0.1, 0.15) is 12.5 Å². The molecule has 3 rings (SSSR count). The topological polar surface area (TPSA) is 41.1 Å². The van der Waals surface area contributed by atoms with E-state index in [1.165, 1.54) is 11.1 Å². The van der Waals surface area contributed by atoms with Crippen LogP contribution in [0.25, 0.3) is 11.3 Å². The Bertz CT molecular complexity index is 607. The second-order valence-electron chi connectivity index (χ2n) is 5.68. The summed E-state index contributed by atoms with van der Waals surface area (Å²) in [6.45, 7) is 5.42. The smallest absolute Gasteiger partial charge is 0.147 e. The maximum Gasteiger partial charge on any atom is 0.147 e. The number of hydrogen-bond donors (Lipinski definition) is 1. The zero-order valence-corrected chi connectivity index (χ0v) is 12.7. The predicted molar refractivity (Wildman–Crippen MR) is 86.5 cm³/mol. The van der Waals surface area contributed by atoms with Gasteiger partial charge >= 0.3 is 0 Å². The average Bonchev–Trinajstić information content (AvgIpc) is 2.50. The molecule has 1 aromatic heterocycles. The van der Waals surface area contributed by atoms with Crippen molar-refractivity contribution in [3.05, 3.63) is 42.2 Å². The van der Waals surface area contributed by atoms with Gasteiger partial charge in [0.15, 0.2) is 0 Å². The third kappa shape index (κ3) is 3.05. The molecule has 0 radical (unpaired) electrons. The van der Waals surface area contributed by atoms with Crippen LogP contribution < -0.4 is 10.2 Å². The van der Waals surface area contributed by atoms with Crippen molar-refractivity contribution in [2.24, 2.45) is 5.92 Å². The van der Waals surface area contributed by atoms with Crippen LogP contribution >= 0.6 is 0 Å². The van der Waals surface area contributed by atoms with E-state index >= 15 is 0 Å². The quantitative estimate of drug-likeness (QED) is 0.914. The van der Waals surface area contributed by atoms with E-state index in [1.54, 1.807) is 0 Å². The van der Waals surface area contributed by atoms with Crippen LogP contribution in [-0.4, -0.2) is 36.6 Å². The van der Waals surface area contributed by atoms with Gasteiger partial charge in [0.05, 0.1) is 18.1 Å². The molecule has 1 aliphatic heterocycles. The lowest BCUT2D eigenvalue weighted by molar-refractivity contribution is 0.352. The summed E-state index contributed by atoms with van der Waals surface area (Å²) < 4.78 is 0. The van der Waals surface area contributed by atoms with Gasteiger partial charge in [-0.05, 0) is 12.0 Å². The molecule has 1 aliphatic rings. The highest BCUT2D eigenvalue weighted by molar-refractivity contribution is 5.64. The highest BCUT2D eigenvalue weighted by Crippen LogP contribution is 2.23. The molecule has 110 valence electrons. The summed E-state index contributed by atoms with van der Waals surface area (Å²) in [5, 5.41) is 3.31. The summed E-state index contributed by atoms with van der Waals surface area (Å²) in [4.78, 5) is 11.4. The molecule has 1 saturated heterocycles. The molecule has 4 heteroatoms.